The highest BCUT2D eigenvalue weighted by molar-refractivity contribution is 6.30. The molecule has 3 nitrogen and oxygen atoms in total. The molecule has 1 heterocycles. The largest absolute Gasteiger partial charge is 0.338 e. The molecule has 0 aliphatic heterocycles. The molecule has 0 saturated heterocycles. The van der Waals surface area contributed by atoms with Crippen LogP contribution < -0.4 is 5.32 Å². The molecular weight excluding hydrogens is 272 g/mol. The van der Waals surface area contributed by atoms with Gasteiger partial charge in [0, 0.05) is 37.5 Å². The summed E-state index contributed by atoms with van der Waals surface area (Å²) in [5.41, 5.74) is 0.243. The number of rotatable bonds is 4. The van der Waals surface area contributed by atoms with Crippen molar-refractivity contribution in [1.29, 1.82) is 0 Å². The molecule has 1 atom stereocenters. The Balaban J connectivity index is 2.32. The van der Waals surface area contributed by atoms with Gasteiger partial charge in [-0.15, -0.1) is 0 Å². The summed E-state index contributed by atoms with van der Waals surface area (Å²) in [4.78, 5) is 4.18. The van der Waals surface area contributed by atoms with Crippen LogP contribution in [-0.4, -0.2) is 16.6 Å². The number of benzene rings is 1. The molecule has 1 aromatic heterocycles. The lowest BCUT2D eigenvalue weighted by Gasteiger charge is -2.17. The van der Waals surface area contributed by atoms with Gasteiger partial charge in [0.2, 0.25) is 0 Å². The maximum Gasteiger partial charge on any atom is 0.142 e. The molecule has 0 bridgehead atoms. The minimum Gasteiger partial charge on any atom is -0.338 e. The molecule has 19 heavy (non-hydrogen) atoms. The first-order valence-electron chi connectivity index (χ1n) is 5.80. The summed E-state index contributed by atoms with van der Waals surface area (Å²) >= 11 is 5.55. The highest BCUT2D eigenvalue weighted by Crippen LogP contribution is 2.25. The first-order chi connectivity index (χ1) is 9.02. The second-order valence-corrected chi connectivity index (χ2v) is 4.69. The summed E-state index contributed by atoms with van der Waals surface area (Å²) in [6.45, 7) is 0. The molecular formula is C13H14ClF2N3. The quantitative estimate of drug-likeness (QED) is 0.876. The molecule has 0 radical (unpaired) electrons. The van der Waals surface area contributed by atoms with Gasteiger partial charge in [0.25, 0.3) is 0 Å². The van der Waals surface area contributed by atoms with Gasteiger partial charge in [0.1, 0.15) is 17.5 Å². The van der Waals surface area contributed by atoms with Crippen LogP contribution in [0.25, 0.3) is 0 Å². The van der Waals surface area contributed by atoms with Gasteiger partial charge in [-0.2, -0.15) is 0 Å². The van der Waals surface area contributed by atoms with Gasteiger partial charge in [0.15, 0.2) is 0 Å². The van der Waals surface area contributed by atoms with Gasteiger partial charge in [0.05, 0.1) is 5.02 Å². The lowest BCUT2D eigenvalue weighted by molar-refractivity contribution is 0.511. The van der Waals surface area contributed by atoms with Crippen LogP contribution in [-0.2, 0) is 13.5 Å². The first-order valence-corrected chi connectivity index (χ1v) is 6.18. The number of likely N-dealkylation sites (N-methyl/N-ethyl adjacent to an activating group) is 1. The van der Waals surface area contributed by atoms with Gasteiger partial charge < -0.3 is 9.88 Å². The van der Waals surface area contributed by atoms with Gasteiger partial charge >= 0.3 is 0 Å². The number of halogens is 3. The van der Waals surface area contributed by atoms with Crippen molar-refractivity contribution in [3.8, 4) is 0 Å². The summed E-state index contributed by atoms with van der Waals surface area (Å²) in [5.74, 6) is -0.368. The Morgan fingerprint density at radius 2 is 2.11 bits per heavy atom. The van der Waals surface area contributed by atoms with E-state index in [1.54, 1.807) is 19.4 Å². The summed E-state index contributed by atoms with van der Waals surface area (Å²) in [6.07, 6.45) is 3.93. The molecule has 0 fully saturated rings. The summed E-state index contributed by atoms with van der Waals surface area (Å²) in [7, 11) is 3.55. The molecule has 6 heteroatoms. The molecule has 0 spiro atoms. The molecule has 2 rings (SSSR count). The van der Waals surface area contributed by atoms with E-state index in [1.165, 1.54) is 0 Å². The van der Waals surface area contributed by atoms with Crippen molar-refractivity contribution in [2.45, 2.75) is 12.5 Å². The monoisotopic (exact) mass is 285 g/mol. The highest BCUT2D eigenvalue weighted by atomic mass is 35.5. The Labute approximate surface area is 115 Å². The molecule has 0 aliphatic rings. The maximum absolute atomic E-state index is 13.9. The van der Waals surface area contributed by atoms with E-state index >= 15 is 0 Å². The predicted octanol–water partition coefficient (Wildman–Crippen LogP) is 2.85. The lowest BCUT2D eigenvalue weighted by atomic mass is 10.0. The fourth-order valence-electron chi connectivity index (χ4n) is 1.95. The molecule has 1 N–H and O–H groups in total. The van der Waals surface area contributed by atoms with Crippen LogP contribution >= 0.6 is 11.6 Å². The highest BCUT2D eigenvalue weighted by Gasteiger charge is 2.19. The second kappa shape index (κ2) is 5.67. The van der Waals surface area contributed by atoms with Crippen molar-refractivity contribution in [1.82, 2.24) is 14.9 Å². The fraction of sp³-hybridized carbons (Fsp3) is 0.308. The van der Waals surface area contributed by atoms with Crippen molar-refractivity contribution in [2.75, 3.05) is 7.05 Å². The Hall–Kier alpha value is -1.46. The first kappa shape index (κ1) is 14.0. The number of hydrogen-bond donors (Lipinski definition) is 1. The van der Waals surface area contributed by atoms with Gasteiger partial charge in [-0.25, -0.2) is 13.8 Å². The van der Waals surface area contributed by atoms with Crippen molar-refractivity contribution >= 4 is 11.6 Å². The zero-order chi connectivity index (χ0) is 14.0. The van der Waals surface area contributed by atoms with Crippen LogP contribution in [0.1, 0.15) is 17.4 Å². The SMILES string of the molecule is CNC(Cc1nccn1C)c1cc(F)c(Cl)cc1F. The van der Waals surface area contributed by atoms with Crippen LogP contribution in [0, 0.1) is 11.6 Å². The topological polar surface area (TPSA) is 29.9 Å². The summed E-state index contributed by atoms with van der Waals surface area (Å²) in [6, 6.07) is 1.75. The van der Waals surface area contributed by atoms with Gasteiger partial charge in [-0.3, -0.25) is 0 Å². The van der Waals surface area contributed by atoms with E-state index in [9.17, 15) is 8.78 Å². The fourth-order valence-corrected chi connectivity index (χ4v) is 2.10. The van der Waals surface area contributed by atoms with E-state index in [0.29, 0.717) is 6.42 Å². The molecule has 1 aromatic carbocycles. The van der Waals surface area contributed by atoms with Crippen LogP contribution in [0.15, 0.2) is 24.5 Å². The van der Waals surface area contributed by atoms with Crippen LogP contribution in [0.4, 0.5) is 8.78 Å². The van der Waals surface area contributed by atoms with Crippen molar-refractivity contribution < 1.29 is 8.78 Å². The van der Waals surface area contributed by atoms with Crippen LogP contribution in [0.2, 0.25) is 5.02 Å². The zero-order valence-corrected chi connectivity index (χ0v) is 11.4. The van der Waals surface area contributed by atoms with E-state index in [1.807, 2.05) is 11.6 Å². The van der Waals surface area contributed by atoms with Crippen LogP contribution in [0.5, 0.6) is 0 Å². The average molecular weight is 286 g/mol. The molecule has 0 saturated carbocycles. The molecule has 0 aliphatic carbocycles. The van der Waals surface area contributed by atoms with E-state index in [0.717, 1.165) is 18.0 Å². The average Bonchev–Trinajstić information content (AvgIpc) is 2.77. The Morgan fingerprint density at radius 1 is 1.37 bits per heavy atom. The third-order valence-corrected chi connectivity index (χ3v) is 3.36. The van der Waals surface area contributed by atoms with Gasteiger partial charge in [-0.1, -0.05) is 11.6 Å². The Morgan fingerprint density at radius 3 is 2.68 bits per heavy atom. The Kier molecular flexibility index (Phi) is 4.17. The van der Waals surface area contributed by atoms with Gasteiger partial charge in [-0.05, 0) is 19.2 Å². The maximum atomic E-state index is 13.9. The number of hydrogen-bond acceptors (Lipinski definition) is 2. The lowest BCUT2D eigenvalue weighted by Crippen LogP contribution is -2.21. The van der Waals surface area contributed by atoms with Crippen molar-refractivity contribution in [3.05, 3.63) is 52.6 Å². The summed E-state index contributed by atoms with van der Waals surface area (Å²) in [5, 5.41) is 2.75. The number of aromatic nitrogens is 2. The third kappa shape index (κ3) is 2.93. The number of nitrogens with one attached hydrogen (secondary N) is 1. The van der Waals surface area contributed by atoms with E-state index < -0.39 is 11.6 Å². The normalized spacial score (nSPS) is 12.7. The molecule has 1 unspecified atom stereocenters. The number of aryl methyl sites for hydroxylation is 1. The number of imidazole rings is 1. The smallest absolute Gasteiger partial charge is 0.142 e. The third-order valence-electron chi connectivity index (χ3n) is 3.07. The molecule has 0 amide bonds. The van der Waals surface area contributed by atoms with Crippen LogP contribution in [0.3, 0.4) is 0 Å². The van der Waals surface area contributed by atoms with Crippen molar-refractivity contribution in [2.24, 2.45) is 7.05 Å². The van der Waals surface area contributed by atoms with E-state index in [-0.39, 0.29) is 16.6 Å². The molecule has 2 aromatic rings. The summed E-state index contributed by atoms with van der Waals surface area (Å²) < 4.78 is 29.2. The van der Waals surface area contributed by atoms with Crippen molar-refractivity contribution in [3.63, 3.8) is 0 Å². The number of nitrogens with zero attached hydrogens (tertiary/aromatic N) is 2. The molecule has 102 valence electrons. The predicted molar refractivity (Wildman–Crippen MR) is 70.1 cm³/mol. The standard InChI is InChI=1S/C13H14ClF2N3/c1-17-12(7-13-18-3-4-19(13)2)8-5-11(16)9(14)6-10(8)15/h3-6,12,17H,7H2,1-2H3. The van der Waals surface area contributed by atoms with E-state index in [2.05, 4.69) is 10.3 Å². The zero-order valence-electron chi connectivity index (χ0n) is 10.6. The minimum atomic E-state index is -0.627. The Bertz CT molecular complexity index is 583. The minimum absolute atomic E-state index is 0.215. The van der Waals surface area contributed by atoms with E-state index in [4.69, 9.17) is 11.6 Å². The second-order valence-electron chi connectivity index (χ2n) is 4.29.